The number of aromatic amines is 2. The van der Waals surface area contributed by atoms with Crippen molar-refractivity contribution in [3.8, 4) is 18.1 Å². The van der Waals surface area contributed by atoms with Crippen LogP contribution in [0.2, 0.25) is 0 Å². The molecule has 2 rings (SSSR count). The molecule has 0 aliphatic carbocycles. The fourth-order valence-electron chi connectivity index (χ4n) is 1.91. The maximum Gasteiger partial charge on any atom is 0.357 e. The van der Waals surface area contributed by atoms with Crippen LogP contribution in [0.15, 0.2) is 21.7 Å². The highest BCUT2D eigenvalue weighted by molar-refractivity contribution is 14.1. The number of terminal acetylenes is 1. The predicted octanol–water partition coefficient (Wildman–Crippen LogP) is 2.36. The van der Waals surface area contributed by atoms with Crippen molar-refractivity contribution in [3.63, 3.8) is 0 Å². The number of nitrogens with zero attached hydrogens (tertiary/aromatic N) is 1. The number of ether oxygens (including phenoxy) is 1. The third-order valence-corrected chi connectivity index (χ3v) is 4.49. The average molecular weight is 565 g/mol. The molecular weight excluding hydrogens is 556 g/mol. The van der Waals surface area contributed by atoms with E-state index in [1.165, 1.54) is 6.08 Å². The number of nitrogens with one attached hydrogen (secondary N) is 2. The predicted molar refractivity (Wildman–Crippen MR) is 109 cm³/mol. The lowest BCUT2D eigenvalue weighted by Crippen LogP contribution is -2.25. The normalized spacial score (nSPS) is 10.6. The molecule has 0 atom stereocenters. The maximum atomic E-state index is 11.6. The van der Waals surface area contributed by atoms with Crippen LogP contribution in [-0.4, -0.2) is 21.5 Å². The number of rotatable bonds is 5. The molecule has 0 spiro atoms. The molecule has 0 unspecified atom stereocenters. The molecule has 10 heteroatoms. The minimum Gasteiger partial charge on any atom is -0.479 e. The highest BCUT2D eigenvalue weighted by Gasteiger charge is 2.18. The van der Waals surface area contributed by atoms with E-state index in [1.807, 2.05) is 4.98 Å². The zero-order chi connectivity index (χ0) is 18.6. The lowest BCUT2D eigenvalue weighted by molar-refractivity contribution is -0.386. The SMILES string of the molecule is C#CCOc1c(I)cc(/C=C/c2[nH]c(=O)[nH]c(=O)c2[N+](=O)[O-])cc1I. The Morgan fingerprint density at radius 2 is 1.88 bits per heavy atom. The van der Waals surface area contributed by atoms with Crippen LogP contribution in [0.3, 0.4) is 0 Å². The number of benzene rings is 1. The van der Waals surface area contributed by atoms with E-state index in [-0.39, 0.29) is 12.3 Å². The number of hydrogen-bond acceptors (Lipinski definition) is 5. The van der Waals surface area contributed by atoms with E-state index in [9.17, 15) is 19.7 Å². The Hall–Kier alpha value is -2.14. The Labute approximate surface area is 168 Å². The first kappa shape index (κ1) is 19.2. The molecule has 25 heavy (non-hydrogen) atoms. The number of H-pyrrole nitrogens is 2. The van der Waals surface area contributed by atoms with Crippen molar-refractivity contribution in [2.75, 3.05) is 6.61 Å². The molecular formula is C15H9I2N3O5. The van der Waals surface area contributed by atoms with Crippen molar-refractivity contribution < 1.29 is 9.66 Å². The number of hydrogen-bond donors (Lipinski definition) is 2. The monoisotopic (exact) mass is 565 g/mol. The van der Waals surface area contributed by atoms with Crippen molar-refractivity contribution in [2.45, 2.75) is 0 Å². The quantitative estimate of drug-likeness (QED) is 0.250. The van der Waals surface area contributed by atoms with Crippen LogP contribution in [-0.2, 0) is 0 Å². The molecule has 0 aliphatic heterocycles. The van der Waals surface area contributed by atoms with Crippen molar-refractivity contribution in [1.82, 2.24) is 9.97 Å². The minimum atomic E-state index is -1.06. The third kappa shape index (κ3) is 4.69. The molecule has 1 heterocycles. The summed E-state index contributed by atoms with van der Waals surface area (Å²) in [6.07, 6.45) is 8.03. The standard InChI is InChI=1S/C15H9I2N3O5/c1-2-5-25-13-9(16)6-8(7-10(13)17)3-4-11-12(20(23)24)14(21)19-15(22)18-11/h1,3-4,6-7H,5H2,(H2,18,19,21,22)/b4-3+. The zero-order valence-electron chi connectivity index (χ0n) is 12.3. The molecule has 0 amide bonds. The third-order valence-electron chi connectivity index (χ3n) is 2.89. The minimum absolute atomic E-state index is 0.140. The summed E-state index contributed by atoms with van der Waals surface area (Å²) in [6, 6.07) is 3.56. The summed E-state index contributed by atoms with van der Waals surface area (Å²) in [5, 5.41) is 11.0. The summed E-state index contributed by atoms with van der Waals surface area (Å²) < 4.78 is 7.06. The van der Waals surface area contributed by atoms with Crippen LogP contribution < -0.4 is 16.0 Å². The van der Waals surface area contributed by atoms with Gasteiger partial charge in [0.25, 0.3) is 0 Å². The maximum absolute atomic E-state index is 11.6. The van der Waals surface area contributed by atoms with Gasteiger partial charge in [-0.05, 0) is 69.0 Å². The lowest BCUT2D eigenvalue weighted by atomic mass is 10.2. The number of nitro groups is 1. The van der Waals surface area contributed by atoms with Crippen LogP contribution in [0.1, 0.15) is 11.3 Å². The molecule has 1 aromatic heterocycles. The van der Waals surface area contributed by atoms with Crippen LogP contribution in [0.5, 0.6) is 5.75 Å². The topological polar surface area (TPSA) is 118 Å². The van der Waals surface area contributed by atoms with E-state index in [4.69, 9.17) is 11.2 Å². The lowest BCUT2D eigenvalue weighted by Gasteiger charge is -2.09. The van der Waals surface area contributed by atoms with E-state index in [0.717, 1.165) is 7.14 Å². The molecule has 0 bridgehead atoms. The molecule has 0 saturated carbocycles. The van der Waals surface area contributed by atoms with Crippen LogP contribution >= 0.6 is 45.2 Å². The van der Waals surface area contributed by atoms with Gasteiger partial charge in [0, 0.05) is 0 Å². The molecule has 0 fully saturated rings. The van der Waals surface area contributed by atoms with E-state index >= 15 is 0 Å². The van der Waals surface area contributed by atoms with Gasteiger partial charge in [0.2, 0.25) is 0 Å². The van der Waals surface area contributed by atoms with Gasteiger partial charge >= 0.3 is 16.9 Å². The summed E-state index contributed by atoms with van der Waals surface area (Å²) in [5.74, 6) is 3.03. The van der Waals surface area contributed by atoms with Gasteiger partial charge in [-0.3, -0.25) is 19.9 Å². The van der Waals surface area contributed by atoms with Gasteiger partial charge in [-0.25, -0.2) is 4.79 Å². The number of halogens is 2. The molecule has 0 aliphatic rings. The molecule has 8 nitrogen and oxygen atoms in total. The second kappa shape index (κ2) is 8.30. The van der Waals surface area contributed by atoms with Gasteiger partial charge < -0.3 is 9.72 Å². The molecule has 128 valence electrons. The van der Waals surface area contributed by atoms with E-state index in [2.05, 4.69) is 56.1 Å². The summed E-state index contributed by atoms with van der Waals surface area (Å²) >= 11 is 4.16. The summed E-state index contributed by atoms with van der Waals surface area (Å²) in [4.78, 5) is 37.2. The fraction of sp³-hybridized carbons (Fsp3) is 0.0667. The summed E-state index contributed by atoms with van der Waals surface area (Å²) in [7, 11) is 0. The van der Waals surface area contributed by atoms with Gasteiger partial charge in [0.15, 0.2) is 0 Å². The van der Waals surface area contributed by atoms with Crippen molar-refractivity contribution in [3.05, 3.63) is 61.5 Å². The molecule has 2 aromatic rings. The Kier molecular flexibility index (Phi) is 6.37. The van der Waals surface area contributed by atoms with Gasteiger partial charge in [-0.2, -0.15) is 0 Å². The van der Waals surface area contributed by atoms with Crippen LogP contribution in [0.4, 0.5) is 5.69 Å². The first-order valence-electron chi connectivity index (χ1n) is 6.58. The van der Waals surface area contributed by atoms with Gasteiger partial charge in [-0.15, -0.1) is 6.42 Å². The van der Waals surface area contributed by atoms with Crippen molar-refractivity contribution in [2.24, 2.45) is 0 Å². The molecule has 0 radical (unpaired) electrons. The molecule has 0 saturated heterocycles. The van der Waals surface area contributed by atoms with Gasteiger partial charge in [-0.1, -0.05) is 12.0 Å². The second-order valence-electron chi connectivity index (χ2n) is 4.57. The highest BCUT2D eigenvalue weighted by Crippen LogP contribution is 2.29. The van der Waals surface area contributed by atoms with Crippen molar-refractivity contribution >= 4 is 63.0 Å². The van der Waals surface area contributed by atoms with Crippen LogP contribution in [0.25, 0.3) is 12.2 Å². The summed E-state index contributed by atoms with van der Waals surface area (Å²) in [5.41, 5.74) is -2.09. The number of aromatic nitrogens is 2. The van der Waals surface area contributed by atoms with Gasteiger partial charge in [0.1, 0.15) is 18.1 Å². The smallest absolute Gasteiger partial charge is 0.357 e. The van der Waals surface area contributed by atoms with E-state index < -0.39 is 21.9 Å². The van der Waals surface area contributed by atoms with E-state index in [0.29, 0.717) is 11.3 Å². The Bertz CT molecular complexity index is 994. The molecule has 1 aromatic carbocycles. The Morgan fingerprint density at radius 1 is 1.24 bits per heavy atom. The first-order valence-corrected chi connectivity index (χ1v) is 8.73. The first-order chi connectivity index (χ1) is 11.8. The molecule has 2 N–H and O–H groups in total. The largest absolute Gasteiger partial charge is 0.479 e. The Balaban J connectivity index is 2.44. The average Bonchev–Trinajstić information content (AvgIpc) is 2.51. The van der Waals surface area contributed by atoms with Gasteiger partial charge in [0.05, 0.1) is 12.1 Å². The fourth-order valence-corrected chi connectivity index (χ4v) is 4.03. The zero-order valence-corrected chi connectivity index (χ0v) is 16.7. The van der Waals surface area contributed by atoms with Crippen LogP contribution in [0, 0.1) is 29.6 Å². The van der Waals surface area contributed by atoms with Crippen molar-refractivity contribution in [1.29, 1.82) is 0 Å². The Morgan fingerprint density at radius 3 is 2.44 bits per heavy atom. The highest BCUT2D eigenvalue weighted by atomic mass is 127. The second-order valence-corrected chi connectivity index (χ2v) is 6.89. The summed E-state index contributed by atoms with van der Waals surface area (Å²) in [6.45, 7) is 0.140. The van der Waals surface area contributed by atoms with E-state index in [1.54, 1.807) is 18.2 Å².